The Morgan fingerprint density at radius 1 is 1.37 bits per heavy atom. The number of nitrogen functional groups attached to an aromatic ring is 1. The average molecular weight is 281 g/mol. The van der Waals surface area contributed by atoms with Crippen molar-refractivity contribution in [2.75, 3.05) is 17.7 Å². The number of nitrogens with zero attached hydrogens (tertiary/aromatic N) is 3. The van der Waals surface area contributed by atoms with Crippen LogP contribution in [0.25, 0.3) is 0 Å². The minimum Gasteiger partial charge on any atom is -0.394 e. The van der Waals surface area contributed by atoms with Crippen molar-refractivity contribution >= 4 is 23.1 Å². The number of hydrogen-bond acceptors (Lipinski definition) is 4. The van der Waals surface area contributed by atoms with Crippen molar-refractivity contribution in [2.45, 2.75) is 13.5 Å². The van der Waals surface area contributed by atoms with E-state index in [0.717, 1.165) is 5.56 Å². The molecule has 0 spiro atoms. The fourth-order valence-electron chi connectivity index (χ4n) is 1.81. The van der Waals surface area contributed by atoms with E-state index >= 15 is 0 Å². The SMILES string of the molecule is Cc1nc(Cl)nc(N(C)Cc2cccc(F)c2)c1N. The Morgan fingerprint density at radius 2 is 2.11 bits per heavy atom. The zero-order chi connectivity index (χ0) is 14.0. The number of anilines is 2. The zero-order valence-corrected chi connectivity index (χ0v) is 11.4. The van der Waals surface area contributed by atoms with Crippen LogP contribution in [0.3, 0.4) is 0 Å². The van der Waals surface area contributed by atoms with Gasteiger partial charge in [0, 0.05) is 13.6 Å². The molecule has 0 unspecified atom stereocenters. The average Bonchev–Trinajstić information content (AvgIpc) is 2.33. The van der Waals surface area contributed by atoms with E-state index in [1.54, 1.807) is 13.0 Å². The number of aryl methyl sites for hydroxylation is 1. The van der Waals surface area contributed by atoms with Crippen LogP contribution in [0.5, 0.6) is 0 Å². The summed E-state index contributed by atoms with van der Waals surface area (Å²) in [6.45, 7) is 2.25. The second kappa shape index (κ2) is 5.40. The van der Waals surface area contributed by atoms with Crippen LogP contribution in [-0.2, 0) is 6.54 Å². The van der Waals surface area contributed by atoms with E-state index in [1.165, 1.54) is 12.1 Å². The highest BCUT2D eigenvalue weighted by Gasteiger charge is 2.12. The fourth-order valence-corrected chi connectivity index (χ4v) is 2.01. The molecule has 0 amide bonds. The Hall–Kier alpha value is -1.88. The van der Waals surface area contributed by atoms with Gasteiger partial charge in [-0.1, -0.05) is 12.1 Å². The second-order valence-electron chi connectivity index (χ2n) is 4.30. The molecule has 2 N–H and O–H groups in total. The Labute approximate surface area is 116 Å². The second-order valence-corrected chi connectivity index (χ2v) is 4.64. The molecule has 0 bridgehead atoms. The molecule has 19 heavy (non-hydrogen) atoms. The highest BCUT2D eigenvalue weighted by molar-refractivity contribution is 6.28. The van der Waals surface area contributed by atoms with Crippen LogP contribution in [0, 0.1) is 12.7 Å². The van der Waals surface area contributed by atoms with Gasteiger partial charge in [0.25, 0.3) is 0 Å². The number of halogens is 2. The van der Waals surface area contributed by atoms with Crippen LogP contribution in [0.15, 0.2) is 24.3 Å². The van der Waals surface area contributed by atoms with Crippen molar-refractivity contribution in [3.05, 3.63) is 46.6 Å². The lowest BCUT2D eigenvalue weighted by molar-refractivity contribution is 0.625. The molecule has 0 saturated heterocycles. The minimum absolute atomic E-state index is 0.146. The minimum atomic E-state index is -0.268. The zero-order valence-electron chi connectivity index (χ0n) is 10.7. The summed E-state index contributed by atoms with van der Waals surface area (Å²) in [4.78, 5) is 9.90. The molecule has 1 aromatic carbocycles. The predicted octanol–water partition coefficient (Wildman–Crippen LogP) is 2.80. The number of hydrogen-bond donors (Lipinski definition) is 1. The summed E-state index contributed by atoms with van der Waals surface area (Å²) in [6.07, 6.45) is 0. The van der Waals surface area contributed by atoms with E-state index in [-0.39, 0.29) is 11.1 Å². The lowest BCUT2D eigenvalue weighted by Crippen LogP contribution is -2.20. The quantitative estimate of drug-likeness (QED) is 0.879. The molecule has 1 heterocycles. The van der Waals surface area contributed by atoms with Gasteiger partial charge in [0.05, 0.1) is 11.4 Å². The molecule has 2 rings (SSSR count). The normalized spacial score (nSPS) is 10.5. The van der Waals surface area contributed by atoms with Gasteiger partial charge < -0.3 is 10.6 Å². The first-order valence-corrected chi connectivity index (χ1v) is 6.10. The van der Waals surface area contributed by atoms with Crippen LogP contribution in [0.4, 0.5) is 15.9 Å². The first-order chi connectivity index (χ1) is 8.97. The van der Waals surface area contributed by atoms with Gasteiger partial charge in [-0.25, -0.2) is 9.37 Å². The summed E-state index contributed by atoms with van der Waals surface area (Å²) in [7, 11) is 1.82. The summed E-state index contributed by atoms with van der Waals surface area (Å²) < 4.78 is 13.1. The van der Waals surface area contributed by atoms with Crippen molar-refractivity contribution in [1.29, 1.82) is 0 Å². The van der Waals surface area contributed by atoms with Gasteiger partial charge in [-0.3, -0.25) is 0 Å². The van der Waals surface area contributed by atoms with Crippen LogP contribution < -0.4 is 10.6 Å². The first-order valence-electron chi connectivity index (χ1n) is 5.72. The van der Waals surface area contributed by atoms with Crippen molar-refractivity contribution in [3.63, 3.8) is 0 Å². The monoisotopic (exact) mass is 280 g/mol. The van der Waals surface area contributed by atoms with Crippen LogP contribution in [0.1, 0.15) is 11.3 Å². The molecule has 2 aromatic rings. The highest BCUT2D eigenvalue weighted by Crippen LogP contribution is 2.24. The third kappa shape index (κ3) is 3.12. The summed E-state index contributed by atoms with van der Waals surface area (Å²) in [5.74, 6) is 0.275. The maximum atomic E-state index is 13.1. The van der Waals surface area contributed by atoms with Crippen molar-refractivity contribution < 1.29 is 4.39 Å². The third-order valence-electron chi connectivity index (χ3n) is 2.76. The van der Waals surface area contributed by atoms with Gasteiger partial charge in [-0.15, -0.1) is 0 Å². The Morgan fingerprint density at radius 3 is 2.79 bits per heavy atom. The maximum Gasteiger partial charge on any atom is 0.224 e. The molecule has 4 nitrogen and oxygen atoms in total. The van der Waals surface area contributed by atoms with Gasteiger partial charge in [-0.2, -0.15) is 4.98 Å². The molecular weight excluding hydrogens is 267 g/mol. The molecule has 0 aliphatic rings. The van der Waals surface area contributed by atoms with Crippen molar-refractivity contribution in [2.24, 2.45) is 0 Å². The Balaban J connectivity index is 2.27. The Kier molecular flexibility index (Phi) is 3.85. The molecule has 0 aliphatic carbocycles. The standard InChI is InChI=1S/C13H14ClFN4/c1-8-11(16)12(18-13(14)17-8)19(2)7-9-4-3-5-10(15)6-9/h3-6H,7,16H2,1-2H3. The lowest BCUT2D eigenvalue weighted by atomic mass is 10.2. The number of nitrogens with two attached hydrogens (primary N) is 1. The summed E-state index contributed by atoms with van der Waals surface area (Å²) in [5, 5.41) is 0.146. The molecule has 0 saturated carbocycles. The van der Waals surface area contributed by atoms with E-state index in [4.69, 9.17) is 17.3 Å². The van der Waals surface area contributed by atoms with E-state index in [0.29, 0.717) is 23.7 Å². The summed E-state index contributed by atoms with van der Waals surface area (Å²) in [5.41, 5.74) is 7.87. The topological polar surface area (TPSA) is 55.0 Å². The molecule has 1 aromatic heterocycles. The van der Waals surface area contributed by atoms with E-state index in [2.05, 4.69) is 9.97 Å². The molecule has 0 fully saturated rings. The Bertz CT molecular complexity index is 603. The van der Waals surface area contributed by atoms with E-state index in [9.17, 15) is 4.39 Å². The van der Waals surface area contributed by atoms with Crippen LogP contribution in [0.2, 0.25) is 5.28 Å². The molecule has 0 atom stereocenters. The number of rotatable bonds is 3. The molecule has 6 heteroatoms. The highest BCUT2D eigenvalue weighted by atomic mass is 35.5. The van der Waals surface area contributed by atoms with Crippen LogP contribution in [-0.4, -0.2) is 17.0 Å². The molecule has 100 valence electrons. The van der Waals surface area contributed by atoms with Gasteiger partial charge >= 0.3 is 0 Å². The van der Waals surface area contributed by atoms with Crippen LogP contribution >= 0.6 is 11.6 Å². The smallest absolute Gasteiger partial charge is 0.224 e. The predicted molar refractivity (Wildman–Crippen MR) is 74.7 cm³/mol. The van der Waals surface area contributed by atoms with E-state index in [1.807, 2.05) is 18.0 Å². The summed E-state index contributed by atoms with van der Waals surface area (Å²) in [6, 6.07) is 6.39. The maximum absolute atomic E-state index is 13.1. The van der Waals surface area contributed by atoms with Gasteiger partial charge in [0.2, 0.25) is 5.28 Å². The van der Waals surface area contributed by atoms with E-state index < -0.39 is 0 Å². The molecular formula is C13H14ClFN4. The largest absolute Gasteiger partial charge is 0.394 e. The first kappa shape index (κ1) is 13.5. The lowest BCUT2D eigenvalue weighted by Gasteiger charge is -2.20. The summed E-state index contributed by atoms with van der Waals surface area (Å²) >= 11 is 5.83. The van der Waals surface area contributed by atoms with Gasteiger partial charge in [-0.05, 0) is 36.2 Å². The number of benzene rings is 1. The van der Waals surface area contributed by atoms with Crippen molar-refractivity contribution in [1.82, 2.24) is 9.97 Å². The van der Waals surface area contributed by atoms with Gasteiger partial charge in [0.1, 0.15) is 5.82 Å². The third-order valence-corrected chi connectivity index (χ3v) is 2.93. The fraction of sp³-hybridized carbons (Fsp3) is 0.231. The van der Waals surface area contributed by atoms with Gasteiger partial charge in [0.15, 0.2) is 5.82 Å². The number of aromatic nitrogens is 2. The molecule has 0 aliphatic heterocycles. The molecule has 0 radical (unpaired) electrons. The van der Waals surface area contributed by atoms with Crippen molar-refractivity contribution in [3.8, 4) is 0 Å².